The molecule has 0 amide bonds. The number of aromatic nitrogens is 3. The molecule has 0 saturated carbocycles. The number of nitrogens with one attached hydrogen (secondary N) is 1. The maximum absolute atomic E-state index is 12.5. The van der Waals surface area contributed by atoms with Gasteiger partial charge in [-0.05, 0) is 13.0 Å². The molecule has 1 heterocycles. The molecule has 1 rings (SSSR count). The third kappa shape index (κ3) is 8.01. The minimum absolute atomic E-state index is 0.313. The molecular formula is C13H24F3N5. The zero-order valence-corrected chi connectivity index (χ0v) is 12.8. The summed E-state index contributed by atoms with van der Waals surface area (Å²) in [7, 11) is 0. The fourth-order valence-electron chi connectivity index (χ4n) is 1.92. The van der Waals surface area contributed by atoms with Gasteiger partial charge >= 0.3 is 6.18 Å². The quantitative estimate of drug-likeness (QED) is 0.758. The average Bonchev–Trinajstić information content (AvgIpc) is 2.80. The number of nitrogens with zero attached hydrogens (tertiary/aromatic N) is 4. The second kappa shape index (κ2) is 8.33. The number of rotatable bonds is 9. The third-order valence-electron chi connectivity index (χ3n) is 2.87. The molecule has 1 aromatic heterocycles. The molecule has 0 aromatic carbocycles. The summed E-state index contributed by atoms with van der Waals surface area (Å²) in [6.45, 7) is 6.81. The van der Waals surface area contributed by atoms with E-state index in [1.807, 2.05) is 20.8 Å². The zero-order chi connectivity index (χ0) is 15.9. The number of hydrogen-bond acceptors (Lipinski definition) is 4. The number of halogens is 3. The van der Waals surface area contributed by atoms with E-state index in [-0.39, 0.29) is 0 Å². The fourth-order valence-corrected chi connectivity index (χ4v) is 1.92. The summed E-state index contributed by atoms with van der Waals surface area (Å²) in [4.78, 5) is 1.40. The first-order valence-corrected chi connectivity index (χ1v) is 7.21. The maximum Gasteiger partial charge on any atom is 0.401 e. The second-order valence-corrected chi connectivity index (χ2v) is 5.40. The Balaban J connectivity index is 2.44. The minimum Gasteiger partial charge on any atom is -0.309 e. The van der Waals surface area contributed by atoms with Crippen LogP contribution in [-0.2, 0) is 13.1 Å². The van der Waals surface area contributed by atoms with Crippen LogP contribution in [0.5, 0.6) is 0 Å². The summed E-state index contributed by atoms with van der Waals surface area (Å²) in [5.41, 5.74) is 0.793. The lowest BCUT2D eigenvalue weighted by molar-refractivity contribution is -0.146. The summed E-state index contributed by atoms with van der Waals surface area (Å²) in [5.74, 6) is 0. The standard InChI is InChI=1S/C13H24F3N5/c1-4-5-20(10-13(14,15)16)6-7-21-9-12(18-19-21)8-17-11(2)3/h9,11,17H,4-8,10H2,1-3H3. The molecule has 21 heavy (non-hydrogen) atoms. The first kappa shape index (κ1) is 17.9. The Bertz CT molecular complexity index is 403. The molecule has 0 saturated heterocycles. The van der Waals surface area contributed by atoms with Crippen LogP contribution in [0.1, 0.15) is 32.9 Å². The highest BCUT2D eigenvalue weighted by atomic mass is 19.4. The van der Waals surface area contributed by atoms with Crippen molar-refractivity contribution in [3.8, 4) is 0 Å². The zero-order valence-electron chi connectivity index (χ0n) is 12.8. The lowest BCUT2D eigenvalue weighted by Crippen LogP contribution is -2.37. The van der Waals surface area contributed by atoms with E-state index >= 15 is 0 Å². The van der Waals surface area contributed by atoms with E-state index in [1.54, 1.807) is 10.9 Å². The molecule has 8 heteroatoms. The van der Waals surface area contributed by atoms with Gasteiger partial charge in [-0.15, -0.1) is 5.10 Å². The van der Waals surface area contributed by atoms with E-state index in [1.165, 1.54) is 4.90 Å². The van der Waals surface area contributed by atoms with Crippen LogP contribution in [0.15, 0.2) is 6.20 Å². The van der Waals surface area contributed by atoms with Gasteiger partial charge in [-0.1, -0.05) is 26.0 Å². The second-order valence-electron chi connectivity index (χ2n) is 5.40. The Morgan fingerprint density at radius 3 is 2.62 bits per heavy atom. The Morgan fingerprint density at radius 2 is 2.05 bits per heavy atom. The third-order valence-corrected chi connectivity index (χ3v) is 2.87. The molecule has 1 aromatic rings. The highest BCUT2D eigenvalue weighted by molar-refractivity contribution is 4.91. The lowest BCUT2D eigenvalue weighted by Gasteiger charge is -2.22. The summed E-state index contributed by atoms with van der Waals surface area (Å²) in [5, 5.41) is 11.2. The summed E-state index contributed by atoms with van der Waals surface area (Å²) >= 11 is 0. The molecule has 0 spiro atoms. The number of alkyl halides is 3. The van der Waals surface area contributed by atoms with Crippen molar-refractivity contribution < 1.29 is 13.2 Å². The van der Waals surface area contributed by atoms with E-state index in [4.69, 9.17) is 0 Å². The molecule has 0 unspecified atom stereocenters. The molecule has 5 nitrogen and oxygen atoms in total. The number of hydrogen-bond donors (Lipinski definition) is 1. The first-order valence-electron chi connectivity index (χ1n) is 7.21. The van der Waals surface area contributed by atoms with E-state index in [2.05, 4.69) is 15.6 Å². The van der Waals surface area contributed by atoms with Crippen molar-refractivity contribution in [2.24, 2.45) is 0 Å². The Kier molecular flexibility index (Phi) is 7.10. The van der Waals surface area contributed by atoms with Crippen LogP contribution < -0.4 is 5.32 Å². The van der Waals surface area contributed by atoms with Gasteiger partial charge in [0.2, 0.25) is 0 Å². The van der Waals surface area contributed by atoms with E-state index < -0.39 is 12.7 Å². The Labute approximate surface area is 123 Å². The van der Waals surface area contributed by atoms with Crippen molar-refractivity contribution in [2.75, 3.05) is 19.6 Å². The van der Waals surface area contributed by atoms with Crippen molar-refractivity contribution in [1.29, 1.82) is 0 Å². The Morgan fingerprint density at radius 1 is 1.33 bits per heavy atom. The van der Waals surface area contributed by atoms with Crippen LogP contribution in [0.4, 0.5) is 13.2 Å². The van der Waals surface area contributed by atoms with Gasteiger partial charge in [0.15, 0.2) is 0 Å². The summed E-state index contributed by atoms with van der Waals surface area (Å²) in [6, 6.07) is 0.349. The molecule has 0 bridgehead atoms. The molecule has 0 atom stereocenters. The summed E-state index contributed by atoms with van der Waals surface area (Å²) in [6.07, 6.45) is -1.70. The normalized spacial score (nSPS) is 12.6. The van der Waals surface area contributed by atoms with Gasteiger partial charge in [-0.3, -0.25) is 9.58 Å². The predicted molar refractivity (Wildman–Crippen MR) is 74.8 cm³/mol. The smallest absolute Gasteiger partial charge is 0.309 e. The van der Waals surface area contributed by atoms with Crippen molar-refractivity contribution in [1.82, 2.24) is 25.2 Å². The molecule has 0 aliphatic heterocycles. The molecule has 0 aliphatic carbocycles. The molecule has 1 N–H and O–H groups in total. The van der Waals surface area contributed by atoms with Crippen LogP contribution in [-0.4, -0.2) is 51.7 Å². The predicted octanol–water partition coefficient (Wildman–Crippen LogP) is 2.05. The van der Waals surface area contributed by atoms with Crippen molar-refractivity contribution in [3.05, 3.63) is 11.9 Å². The van der Waals surface area contributed by atoms with Crippen LogP contribution >= 0.6 is 0 Å². The van der Waals surface area contributed by atoms with E-state index in [0.717, 1.165) is 5.69 Å². The van der Waals surface area contributed by atoms with Crippen molar-refractivity contribution >= 4 is 0 Å². The van der Waals surface area contributed by atoms with Crippen LogP contribution in [0, 0.1) is 0 Å². The molecule has 122 valence electrons. The van der Waals surface area contributed by atoms with Crippen molar-refractivity contribution in [3.63, 3.8) is 0 Å². The lowest BCUT2D eigenvalue weighted by atomic mass is 10.3. The SMILES string of the molecule is CCCN(CCn1cc(CNC(C)C)nn1)CC(F)(F)F. The first-order chi connectivity index (χ1) is 9.80. The highest BCUT2D eigenvalue weighted by Crippen LogP contribution is 2.16. The monoisotopic (exact) mass is 307 g/mol. The maximum atomic E-state index is 12.5. The van der Waals surface area contributed by atoms with Gasteiger partial charge in [-0.25, -0.2) is 0 Å². The van der Waals surface area contributed by atoms with Gasteiger partial charge in [0.1, 0.15) is 0 Å². The van der Waals surface area contributed by atoms with Gasteiger partial charge in [0.05, 0.1) is 18.8 Å². The van der Waals surface area contributed by atoms with E-state index in [9.17, 15) is 13.2 Å². The van der Waals surface area contributed by atoms with Gasteiger partial charge in [0, 0.05) is 25.3 Å². The molecule has 0 radical (unpaired) electrons. The van der Waals surface area contributed by atoms with Gasteiger partial charge < -0.3 is 5.32 Å². The molecule has 0 aliphatic rings. The van der Waals surface area contributed by atoms with Gasteiger partial charge in [0.25, 0.3) is 0 Å². The van der Waals surface area contributed by atoms with Crippen LogP contribution in [0.25, 0.3) is 0 Å². The average molecular weight is 307 g/mol. The summed E-state index contributed by atoms with van der Waals surface area (Å²) < 4.78 is 38.9. The van der Waals surface area contributed by atoms with E-state index in [0.29, 0.717) is 38.6 Å². The fraction of sp³-hybridized carbons (Fsp3) is 0.846. The Hall–Kier alpha value is -1.15. The molecular weight excluding hydrogens is 283 g/mol. The molecule has 0 fully saturated rings. The topological polar surface area (TPSA) is 46.0 Å². The minimum atomic E-state index is -4.16. The van der Waals surface area contributed by atoms with Crippen molar-refractivity contribution in [2.45, 2.75) is 52.5 Å². The van der Waals surface area contributed by atoms with Crippen LogP contribution in [0.2, 0.25) is 0 Å². The largest absolute Gasteiger partial charge is 0.401 e. The van der Waals surface area contributed by atoms with Gasteiger partial charge in [-0.2, -0.15) is 13.2 Å². The van der Waals surface area contributed by atoms with Crippen LogP contribution in [0.3, 0.4) is 0 Å². The highest BCUT2D eigenvalue weighted by Gasteiger charge is 2.30.